The first kappa shape index (κ1) is 12.5. The summed E-state index contributed by atoms with van der Waals surface area (Å²) in [6.45, 7) is 0. The Morgan fingerprint density at radius 3 is 2.53 bits per heavy atom. The van der Waals surface area contributed by atoms with E-state index < -0.39 is 0 Å². The number of nitrogens with one attached hydrogen (secondary N) is 1. The molecule has 0 atom stereocenters. The SMILES string of the molecule is Oc1cc(Cl)cc(Cl)c1-c1ccc(NC2CC2)nn1. The topological polar surface area (TPSA) is 58.0 Å². The summed E-state index contributed by atoms with van der Waals surface area (Å²) in [5.74, 6) is 0.727. The first-order valence-corrected chi connectivity index (χ1v) is 6.68. The van der Waals surface area contributed by atoms with E-state index in [1.54, 1.807) is 12.1 Å². The molecule has 1 aromatic carbocycles. The van der Waals surface area contributed by atoms with E-state index in [9.17, 15) is 5.11 Å². The summed E-state index contributed by atoms with van der Waals surface area (Å²) in [6, 6.07) is 7.11. The van der Waals surface area contributed by atoms with E-state index in [4.69, 9.17) is 23.2 Å². The average molecular weight is 296 g/mol. The summed E-state index contributed by atoms with van der Waals surface area (Å²) in [5.41, 5.74) is 0.956. The largest absolute Gasteiger partial charge is 0.507 e. The number of phenolic OH excluding ortho intramolecular Hbond substituents is 1. The molecule has 0 unspecified atom stereocenters. The van der Waals surface area contributed by atoms with Gasteiger partial charge in [0.1, 0.15) is 11.6 Å². The first-order chi connectivity index (χ1) is 9.13. The number of halogens is 2. The van der Waals surface area contributed by atoms with Crippen molar-refractivity contribution in [3.05, 3.63) is 34.3 Å². The molecule has 0 amide bonds. The van der Waals surface area contributed by atoms with Crippen molar-refractivity contribution in [2.45, 2.75) is 18.9 Å². The van der Waals surface area contributed by atoms with Crippen LogP contribution in [0.1, 0.15) is 12.8 Å². The van der Waals surface area contributed by atoms with Crippen LogP contribution in [-0.4, -0.2) is 21.3 Å². The van der Waals surface area contributed by atoms with Crippen molar-refractivity contribution in [2.75, 3.05) is 5.32 Å². The maximum atomic E-state index is 9.90. The Kier molecular flexibility index (Phi) is 3.21. The van der Waals surface area contributed by atoms with Crippen LogP contribution >= 0.6 is 23.2 Å². The molecular weight excluding hydrogens is 285 g/mol. The second-order valence-electron chi connectivity index (χ2n) is 4.50. The minimum atomic E-state index is -0.00491. The van der Waals surface area contributed by atoms with Gasteiger partial charge in [-0.2, -0.15) is 0 Å². The van der Waals surface area contributed by atoms with Gasteiger partial charge in [-0.15, -0.1) is 10.2 Å². The number of nitrogens with zero attached hydrogens (tertiary/aromatic N) is 2. The Labute approximate surface area is 120 Å². The molecule has 0 radical (unpaired) electrons. The zero-order valence-corrected chi connectivity index (χ0v) is 11.4. The van der Waals surface area contributed by atoms with Crippen molar-refractivity contribution in [1.29, 1.82) is 0 Å². The third-order valence-corrected chi connectivity index (χ3v) is 3.40. The van der Waals surface area contributed by atoms with Gasteiger partial charge in [0.15, 0.2) is 0 Å². The fourth-order valence-electron chi connectivity index (χ4n) is 1.79. The number of anilines is 1. The second-order valence-corrected chi connectivity index (χ2v) is 5.35. The fourth-order valence-corrected chi connectivity index (χ4v) is 2.37. The van der Waals surface area contributed by atoms with E-state index in [1.165, 1.54) is 18.9 Å². The number of rotatable bonds is 3. The van der Waals surface area contributed by atoms with Crippen LogP contribution in [0.15, 0.2) is 24.3 Å². The summed E-state index contributed by atoms with van der Waals surface area (Å²) >= 11 is 11.9. The van der Waals surface area contributed by atoms with Gasteiger partial charge in [0, 0.05) is 11.1 Å². The molecular formula is C13H11Cl2N3O. The van der Waals surface area contributed by atoms with Crippen LogP contribution in [0.5, 0.6) is 5.75 Å². The summed E-state index contributed by atoms with van der Waals surface area (Å²) in [5, 5.41) is 22.0. The second kappa shape index (κ2) is 4.87. The summed E-state index contributed by atoms with van der Waals surface area (Å²) in [7, 11) is 0. The monoisotopic (exact) mass is 295 g/mol. The first-order valence-electron chi connectivity index (χ1n) is 5.92. The van der Waals surface area contributed by atoms with E-state index in [1.807, 2.05) is 6.07 Å². The number of hydrogen-bond donors (Lipinski definition) is 2. The third-order valence-electron chi connectivity index (χ3n) is 2.88. The number of hydrogen-bond acceptors (Lipinski definition) is 4. The smallest absolute Gasteiger partial charge is 0.148 e. The molecule has 4 nitrogen and oxygen atoms in total. The number of aromatic nitrogens is 2. The molecule has 0 spiro atoms. The van der Waals surface area contributed by atoms with Crippen molar-refractivity contribution in [3.8, 4) is 17.0 Å². The predicted molar refractivity (Wildman–Crippen MR) is 75.8 cm³/mol. The molecule has 2 N–H and O–H groups in total. The summed E-state index contributed by atoms with van der Waals surface area (Å²) in [6.07, 6.45) is 2.35. The molecule has 1 fully saturated rings. The van der Waals surface area contributed by atoms with E-state index in [2.05, 4.69) is 15.5 Å². The lowest BCUT2D eigenvalue weighted by Crippen LogP contribution is -2.04. The van der Waals surface area contributed by atoms with Gasteiger partial charge in [-0.25, -0.2) is 0 Å². The number of aromatic hydroxyl groups is 1. The average Bonchev–Trinajstić information content (AvgIpc) is 3.14. The van der Waals surface area contributed by atoms with Gasteiger partial charge in [0.05, 0.1) is 16.3 Å². The van der Waals surface area contributed by atoms with Gasteiger partial charge in [0.2, 0.25) is 0 Å². The van der Waals surface area contributed by atoms with Crippen LogP contribution < -0.4 is 5.32 Å². The molecule has 0 aliphatic heterocycles. The Hall–Kier alpha value is -1.52. The molecule has 19 heavy (non-hydrogen) atoms. The minimum absolute atomic E-state index is 0.00491. The lowest BCUT2D eigenvalue weighted by Gasteiger charge is -2.08. The van der Waals surface area contributed by atoms with Crippen molar-refractivity contribution in [1.82, 2.24) is 10.2 Å². The molecule has 3 rings (SSSR count). The molecule has 1 heterocycles. The lowest BCUT2D eigenvalue weighted by molar-refractivity contribution is 0.477. The standard InChI is InChI=1S/C13H11Cl2N3O/c14-7-5-9(15)13(11(19)6-7)10-3-4-12(18-17-10)16-8-1-2-8/h3-6,8,19H,1-2H2,(H,16,18). The summed E-state index contributed by atoms with van der Waals surface area (Å²) in [4.78, 5) is 0. The highest BCUT2D eigenvalue weighted by Gasteiger charge is 2.21. The maximum Gasteiger partial charge on any atom is 0.148 e. The van der Waals surface area contributed by atoms with Gasteiger partial charge in [0.25, 0.3) is 0 Å². The van der Waals surface area contributed by atoms with Gasteiger partial charge in [-0.3, -0.25) is 0 Å². The Bertz CT molecular complexity index is 589. The lowest BCUT2D eigenvalue weighted by atomic mass is 10.1. The minimum Gasteiger partial charge on any atom is -0.507 e. The highest BCUT2D eigenvalue weighted by molar-refractivity contribution is 6.36. The Morgan fingerprint density at radius 2 is 1.95 bits per heavy atom. The molecule has 6 heteroatoms. The van der Waals surface area contributed by atoms with Crippen LogP contribution in [0.25, 0.3) is 11.3 Å². The molecule has 1 aliphatic carbocycles. The quantitative estimate of drug-likeness (QED) is 0.906. The molecule has 1 aliphatic rings. The third kappa shape index (κ3) is 2.74. The highest BCUT2D eigenvalue weighted by Crippen LogP contribution is 2.37. The zero-order valence-electron chi connectivity index (χ0n) is 9.90. The normalized spacial score (nSPS) is 14.4. The molecule has 0 saturated heterocycles. The molecule has 0 bridgehead atoms. The number of benzene rings is 1. The summed E-state index contributed by atoms with van der Waals surface area (Å²) < 4.78 is 0. The molecule has 2 aromatic rings. The maximum absolute atomic E-state index is 9.90. The van der Waals surface area contributed by atoms with E-state index in [0.29, 0.717) is 27.3 Å². The Balaban J connectivity index is 1.93. The van der Waals surface area contributed by atoms with Crippen molar-refractivity contribution in [2.24, 2.45) is 0 Å². The number of phenols is 1. The van der Waals surface area contributed by atoms with E-state index in [0.717, 1.165) is 5.82 Å². The Morgan fingerprint density at radius 1 is 1.16 bits per heavy atom. The van der Waals surface area contributed by atoms with Crippen LogP contribution in [-0.2, 0) is 0 Å². The van der Waals surface area contributed by atoms with Crippen LogP contribution in [0, 0.1) is 0 Å². The fraction of sp³-hybridized carbons (Fsp3) is 0.231. The van der Waals surface area contributed by atoms with Gasteiger partial charge in [-0.05, 0) is 37.1 Å². The van der Waals surface area contributed by atoms with Gasteiger partial charge < -0.3 is 10.4 Å². The van der Waals surface area contributed by atoms with E-state index >= 15 is 0 Å². The van der Waals surface area contributed by atoms with Crippen LogP contribution in [0.4, 0.5) is 5.82 Å². The molecule has 1 aromatic heterocycles. The van der Waals surface area contributed by atoms with Crippen LogP contribution in [0.3, 0.4) is 0 Å². The molecule has 98 valence electrons. The molecule has 1 saturated carbocycles. The van der Waals surface area contributed by atoms with E-state index in [-0.39, 0.29) is 5.75 Å². The highest BCUT2D eigenvalue weighted by atomic mass is 35.5. The van der Waals surface area contributed by atoms with Crippen molar-refractivity contribution in [3.63, 3.8) is 0 Å². The van der Waals surface area contributed by atoms with Gasteiger partial charge in [-0.1, -0.05) is 23.2 Å². The zero-order chi connectivity index (χ0) is 13.4. The van der Waals surface area contributed by atoms with Crippen molar-refractivity contribution < 1.29 is 5.11 Å². The van der Waals surface area contributed by atoms with Gasteiger partial charge >= 0.3 is 0 Å². The van der Waals surface area contributed by atoms with Crippen molar-refractivity contribution >= 4 is 29.0 Å². The predicted octanol–water partition coefficient (Wildman–Crippen LogP) is 3.73. The van der Waals surface area contributed by atoms with Crippen LogP contribution in [0.2, 0.25) is 10.0 Å².